The molecule has 0 saturated carbocycles. The molecule has 2 N–H and O–H groups in total. The summed E-state index contributed by atoms with van der Waals surface area (Å²) < 4.78 is 5.35. The molecule has 1 aromatic heterocycles. The van der Waals surface area contributed by atoms with E-state index in [1.807, 2.05) is 0 Å². The third kappa shape index (κ3) is 3.81. The Morgan fingerprint density at radius 2 is 2.42 bits per heavy atom. The van der Waals surface area contributed by atoms with Gasteiger partial charge < -0.3 is 14.8 Å². The molecule has 0 aromatic carbocycles. The Morgan fingerprint density at radius 1 is 1.58 bits per heavy atom. The Hall–Kier alpha value is -1.33. The third-order valence-corrected chi connectivity index (χ3v) is 3.53. The van der Waals surface area contributed by atoms with Crippen LogP contribution in [0.1, 0.15) is 42.5 Å². The van der Waals surface area contributed by atoms with E-state index in [-0.39, 0.29) is 5.76 Å². The van der Waals surface area contributed by atoms with Crippen molar-refractivity contribution in [3.05, 3.63) is 23.7 Å². The summed E-state index contributed by atoms with van der Waals surface area (Å²) in [4.78, 5) is 13.2. The van der Waals surface area contributed by atoms with Gasteiger partial charge in [-0.2, -0.15) is 0 Å². The minimum Gasteiger partial charge on any atom is -0.475 e. The van der Waals surface area contributed by atoms with Crippen LogP contribution in [0.25, 0.3) is 0 Å². The number of piperidine rings is 1. The van der Waals surface area contributed by atoms with Crippen molar-refractivity contribution in [3.8, 4) is 0 Å². The first kappa shape index (κ1) is 14.1. The Labute approximate surface area is 113 Å². The lowest BCUT2D eigenvalue weighted by atomic mass is 10.1. The quantitative estimate of drug-likeness (QED) is 0.823. The fraction of sp³-hybridized carbons (Fsp3) is 0.643. The van der Waals surface area contributed by atoms with Crippen LogP contribution in [0.3, 0.4) is 0 Å². The molecule has 1 saturated heterocycles. The molecule has 1 atom stereocenters. The van der Waals surface area contributed by atoms with Crippen molar-refractivity contribution in [2.24, 2.45) is 0 Å². The maximum absolute atomic E-state index is 10.8. The van der Waals surface area contributed by atoms with Crippen molar-refractivity contribution < 1.29 is 14.3 Å². The molecule has 1 unspecified atom stereocenters. The van der Waals surface area contributed by atoms with Gasteiger partial charge in [-0.15, -0.1) is 0 Å². The smallest absolute Gasteiger partial charge is 0.371 e. The van der Waals surface area contributed by atoms with Crippen LogP contribution in [-0.2, 0) is 6.54 Å². The number of rotatable bonds is 6. The Bertz CT molecular complexity index is 411. The van der Waals surface area contributed by atoms with Gasteiger partial charge in [0.25, 0.3) is 0 Å². The van der Waals surface area contributed by atoms with Crippen LogP contribution in [0.15, 0.2) is 16.5 Å². The summed E-state index contributed by atoms with van der Waals surface area (Å²) in [6.07, 6.45) is 3.48. The van der Waals surface area contributed by atoms with Crippen molar-refractivity contribution in [2.75, 3.05) is 19.6 Å². The zero-order valence-corrected chi connectivity index (χ0v) is 11.4. The number of aromatic carboxylic acids is 1. The first-order valence-electron chi connectivity index (χ1n) is 6.97. The van der Waals surface area contributed by atoms with Gasteiger partial charge in [-0.1, -0.05) is 6.92 Å². The maximum atomic E-state index is 10.8. The molecule has 1 aliphatic heterocycles. The molecular formula is C14H22N2O3. The summed E-state index contributed by atoms with van der Waals surface area (Å²) in [7, 11) is 0. The lowest BCUT2D eigenvalue weighted by Gasteiger charge is -2.33. The average molecular weight is 266 g/mol. The monoisotopic (exact) mass is 266 g/mol. The predicted octanol–water partition coefficient (Wildman–Crippen LogP) is 1.94. The van der Waals surface area contributed by atoms with Gasteiger partial charge in [-0.25, -0.2) is 4.79 Å². The van der Waals surface area contributed by atoms with Crippen LogP contribution >= 0.6 is 0 Å². The molecule has 2 heterocycles. The molecule has 0 aliphatic carbocycles. The van der Waals surface area contributed by atoms with Gasteiger partial charge in [0.2, 0.25) is 5.76 Å². The predicted molar refractivity (Wildman–Crippen MR) is 72.3 cm³/mol. The van der Waals surface area contributed by atoms with Gasteiger partial charge in [-0.3, -0.25) is 4.90 Å². The number of nitrogens with zero attached hydrogens (tertiary/aromatic N) is 1. The first-order chi connectivity index (χ1) is 9.20. The van der Waals surface area contributed by atoms with E-state index < -0.39 is 5.97 Å². The largest absolute Gasteiger partial charge is 0.475 e. The Kier molecular flexibility index (Phi) is 4.99. The highest BCUT2D eigenvalue weighted by molar-refractivity contribution is 5.84. The highest BCUT2D eigenvalue weighted by atomic mass is 16.4. The van der Waals surface area contributed by atoms with Crippen LogP contribution in [-0.4, -0.2) is 41.7 Å². The van der Waals surface area contributed by atoms with Gasteiger partial charge in [0.15, 0.2) is 0 Å². The number of carboxylic acid groups (broad SMARTS) is 1. The lowest BCUT2D eigenvalue weighted by Crippen LogP contribution is -2.45. The molecular weight excluding hydrogens is 244 g/mol. The van der Waals surface area contributed by atoms with Crippen LogP contribution in [0.5, 0.6) is 0 Å². The van der Waals surface area contributed by atoms with E-state index in [0.29, 0.717) is 12.6 Å². The summed E-state index contributed by atoms with van der Waals surface area (Å²) in [6.45, 7) is 5.96. The van der Waals surface area contributed by atoms with Crippen LogP contribution in [0.2, 0.25) is 0 Å². The highest BCUT2D eigenvalue weighted by Crippen LogP contribution is 2.16. The number of carbonyl (C=O) groups is 1. The fourth-order valence-electron chi connectivity index (χ4n) is 2.60. The van der Waals surface area contributed by atoms with Gasteiger partial charge in [0.1, 0.15) is 5.76 Å². The number of hydrogen-bond acceptors (Lipinski definition) is 4. The normalized spacial score (nSPS) is 19.8. The second-order valence-corrected chi connectivity index (χ2v) is 5.04. The highest BCUT2D eigenvalue weighted by Gasteiger charge is 2.21. The van der Waals surface area contributed by atoms with E-state index in [0.717, 1.165) is 31.8 Å². The topological polar surface area (TPSA) is 65.7 Å². The van der Waals surface area contributed by atoms with E-state index in [1.54, 1.807) is 6.07 Å². The molecule has 2 rings (SSSR count). The summed E-state index contributed by atoms with van der Waals surface area (Å²) in [5, 5.41) is 12.3. The number of furan rings is 1. The Morgan fingerprint density at radius 3 is 3.00 bits per heavy atom. The maximum Gasteiger partial charge on any atom is 0.371 e. The first-order valence-corrected chi connectivity index (χ1v) is 6.97. The SMILES string of the molecule is CCCN(Cc1ccc(C(=O)O)o1)C1CCCNC1. The van der Waals surface area contributed by atoms with Crippen LogP contribution < -0.4 is 5.32 Å². The molecule has 5 heteroatoms. The van der Waals surface area contributed by atoms with E-state index >= 15 is 0 Å². The average Bonchev–Trinajstić information content (AvgIpc) is 2.88. The van der Waals surface area contributed by atoms with Gasteiger partial charge in [0.05, 0.1) is 6.54 Å². The lowest BCUT2D eigenvalue weighted by molar-refractivity contribution is 0.0656. The molecule has 0 spiro atoms. The van der Waals surface area contributed by atoms with Crippen LogP contribution in [0, 0.1) is 0 Å². The molecule has 1 aromatic rings. The minimum absolute atomic E-state index is 0.0215. The second kappa shape index (κ2) is 6.73. The molecule has 5 nitrogen and oxygen atoms in total. The number of carboxylic acids is 1. The van der Waals surface area contributed by atoms with Gasteiger partial charge >= 0.3 is 5.97 Å². The molecule has 1 aliphatic rings. The van der Waals surface area contributed by atoms with E-state index in [9.17, 15) is 4.79 Å². The minimum atomic E-state index is -1.01. The van der Waals surface area contributed by atoms with E-state index in [1.165, 1.54) is 18.9 Å². The molecule has 106 valence electrons. The van der Waals surface area contributed by atoms with Crippen molar-refractivity contribution in [1.82, 2.24) is 10.2 Å². The van der Waals surface area contributed by atoms with Crippen molar-refractivity contribution in [3.63, 3.8) is 0 Å². The molecule has 0 radical (unpaired) electrons. The summed E-state index contributed by atoms with van der Waals surface area (Å²) in [5.41, 5.74) is 0. The summed E-state index contributed by atoms with van der Waals surface area (Å²) in [5.74, 6) is -0.253. The van der Waals surface area contributed by atoms with Gasteiger partial charge in [-0.05, 0) is 44.5 Å². The number of nitrogens with one attached hydrogen (secondary N) is 1. The van der Waals surface area contributed by atoms with Crippen LogP contribution in [0.4, 0.5) is 0 Å². The second-order valence-electron chi connectivity index (χ2n) is 5.04. The third-order valence-electron chi connectivity index (χ3n) is 3.53. The number of hydrogen-bond donors (Lipinski definition) is 2. The molecule has 0 bridgehead atoms. The fourth-order valence-corrected chi connectivity index (χ4v) is 2.60. The molecule has 1 fully saturated rings. The van der Waals surface area contributed by atoms with E-state index in [4.69, 9.17) is 9.52 Å². The molecule has 19 heavy (non-hydrogen) atoms. The van der Waals surface area contributed by atoms with Crippen molar-refractivity contribution >= 4 is 5.97 Å². The Balaban J connectivity index is 2.00. The van der Waals surface area contributed by atoms with Crippen molar-refractivity contribution in [1.29, 1.82) is 0 Å². The standard InChI is InChI=1S/C14H22N2O3/c1-2-8-16(11-4-3-7-15-9-11)10-12-5-6-13(19-12)14(17)18/h5-6,11,15H,2-4,7-10H2,1H3,(H,17,18). The zero-order valence-electron chi connectivity index (χ0n) is 11.4. The van der Waals surface area contributed by atoms with E-state index in [2.05, 4.69) is 17.1 Å². The zero-order chi connectivity index (χ0) is 13.7. The summed E-state index contributed by atoms with van der Waals surface area (Å²) >= 11 is 0. The van der Waals surface area contributed by atoms with Gasteiger partial charge in [0, 0.05) is 12.6 Å². The van der Waals surface area contributed by atoms with Crippen molar-refractivity contribution in [2.45, 2.75) is 38.8 Å². The molecule has 0 amide bonds. The summed E-state index contributed by atoms with van der Waals surface area (Å²) in [6, 6.07) is 3.82.